The molecule has 0 saturated heterocycles. The van der Waals surface area contributed by atoms with Gasteiger partial charge in [0.15, 0.2) is 0 Å². The van der Waals surface area contributed by atoms with Crippen LogP contribution in [0, 0.1) is 9.28 Å². The van der Waals surface area contributed by atoms with Gasteiger partial charge in [-0.3, -0.25) is 4.79 Å². The normalized spacial score (nSPS) is 11.7. The third-order valence-corrected chi connectivity index (χ3v) is 7.22. The number of carbonyl (C=O) groups is 1. The van der Waals surface area contributed by atoms with Gasteiger partial charge in [0.1, 0.15) is 9.28 Å². The summed E-state index contributed by atoms with van der Waals surface area (Å²) in [5.41, 5.74) is 0. The molecule has 0 atom stereocenters. The van der Waals surface area contributed by atoms with E-state index in [1.807, 2.05) is 0 Å². The second-order valence-corrected chi connectivity index (χ2v) is 9.28. The minimum Gasteiger partial charge on any atom is -0.469 e. The van der Waals surface area contributed by atoms with Crippen molar-refractivity contribution in [2.45, 2.75) is 65.0 Å². The number of pyridine rings is 2. The highest BCUT2D eigenvalue weighted by Crippen LogP contribution is 2.35. The lowest BCUT2D eigenvalue weighted by molar-refractivity contribution is -0.140. The van der Waals surface area contributed by atoms with E-state index in [1.165, 1.54) is 41.5 Å². The molecule has 0 unspecified atom stereocenters. The van der Waals surface area contributed by atoms with E-state index in [2.05, 4.69) is 52.7 Å². The van der Waals surface area contributed by atoms with Gasteiger partial charge in [-0.15, -0.1) is 0 Å². The molecule has 0 aliphatic carbocycles. The number of unbranched alkanes of at least 4 members (excludes halogenated alkanes) is 4. The van der Waals surface area contributed by atoms with E-state index in [-0.39, 0.29) is 5.97 Å². The van der Waals surface area contributed by atoms with Gasteiger partial charge in [0.25, 0.3) is 0 Å². The number of benzene rings is 2. The van der Waals surface area contributed by atoms with Crippen LogP contribution in [0.1, 0.15) is 51.9 Å². The van der Waals surface area contributed by atoms with Crippen molar-refractivity contribution in [3.05, 3.63) is 45.9 Å². The van der Waals surface area contributed by atoms with E-state index in [9.17, 15) is 4.79 Å². The summed E-state index contributed by atoms with van der Waals surface area (Å²) in [5.74, 6) is -0.141. The smallest absolute Gasteiger partial charge is 0.305 e. The molecule has 0 spiro atoms. The Balaban J connectivity index is 1.68. The van der Waals surface area contributed by atoms with Crippen molar-refractivity contribution in [2.24, 2.45) is 0 Å². The fourth-order valence-corrected chi connectivity index (χ4v) is 5.21. The van der Waals surface area contributed by atoms with Gasteiger partial charge in [0.05, 0.1) is 7.11 Å². The van der Waals surface area contributed by atoms with Gasteiger partial charge in [-0.2, -0.15) is 0 Å². The Morgan fingerprint density at radius 3 is 1.84 bits per heavy atom. The van der Waals surface area contributed by atoms with E-state index in [1.54, 1.807) is 0 Å². The average Bonchev–Trinajstić information content (AvgIpc) is 2.81. The number of carbonyl (C=O) groups excluding carboxylic acids is 1. The van der Waals surface area contributed by atoms with E-state index in [0.29, 0.717) is 6.42 Å². The first kappa shape index (κ1) is 22.9. The number of nitrogens with zero attached hydrogens (tertiary/aromatic N) is 2. The number of esters is 1. The molecule has 4 nitrogen and oxygen atoms in total. The molecular formula is C26H30N2O2S2. The maximum absolute atomic E-state index is 11.3. The predicted molar refractivity (Wildman–Crippen MR) is 138 cm³/mol. The molecule has 0 radical (unpaired) electrons. The number of rotatable bonds is 10. The zero-order valence-corrected chi connectivity index (χ0v) is 20.5. The summed E-state index contributed by atoms with van der Waals surface area (Å²) >= 11 is 11.8. The molecule has 2 aromatic carbocycles. The molecule has 168 valence electrons. The van der Waals surface area contributed by atoms with Crippen LogP contribution >= 0.6 is 24.4 Å². The van der Waals surface area contributed by atoms with Gasteiger partial charge < -0.3 is 13.9 Å². The number of aryl methyl sites for hydroxylation is 2. The standard InChI is InChI=1S/C26H30N2O2S2/c1-3-4-7-14-27-16-18-10-11-19-17-28(15-8-5-6-9-22(29)30-2)26(32)21-13-12-20(25(27)31)23(18)24(19)21/h10-13,16-17H,3-9,14-15H2,1-2H3. The van der Waals surface area contributed by atoms with Crippen LogP contribution in [-0.2, 0) is 22.6 Å². The molecule has 4 aromatic rings. The third-order valence-electron chi connectivity index (χ3n) is 6.31. The van der Waals surface area contributed by atoms with Crippen LogP contribution in [0.15, 0.2) is 36.7 Å². The Bertz CT molecular complexity index is 1370. The van der Waals surface area contributed by atoms with Crippen LogP contribution in [0.5, 0.6) is 0 Å². The molecule has 2 aromatic heterocycles. The van der Waals surface area contributed by atoms with E-state index in [4.69, 9.17) is 29.2 Å². The fourth-order valence-electron chi connectivity index (χ4n) is 4.58. The van der Waals surface area contributed by atoms with E-state index >= 15 is 0 Å². The molecule has 4 rings (SSSR count). The molecule has 0 amide bonds. The average molecular weight is 467 g/mol. The molecule has 0 N–H and O–H groups in total. The molecule has 0 aliphatic heterocycles. The Morgan fingerprint density at radius 1 is 0.812 bits per heavy atom. The fraction of sp³-hybridized carbons (Fsp3) is 0.423. The van der Waals surface area contributed by atoms with Crippen LogP contribution in [-0.4, -0.2) is 22.2 Å². The highest BCUT2D eigenvalue weighted by molar-refractivity contribution is 7.71. The SMILES string of the molecule is CCCCCn1cc2ccc3cn(CCCCCC(=O)OC)c(=S)c4ccc(c1=S)c2c34. The summed E-state index contributed by atoms with van der Waals surface area (Å²) in [6.45, 7) is 4.03. The monoisotopic (exact) mass is 466 g/mol. The predicted octanol–water partition coefficient (Wildman–Crippen LogP) is 7.57. The third kappa shape index (κ3) is 4.44. The topological polar surface area (TPSA) is 36.2 Å². The Labute approximate surface area is 199 Å². The second-order valence-electron chi connectivity index (χ2n) is 8.50. The van der Waals surface area contributed by atoms with Crippen molar-refractivity contribution in [2.75, 3.05) is 7.11 Å². The summed E-state index contributed by atoms with van der Waals surface area (Å²) in [5, 5.41) is 7.12. The zero-order chi connectivity index (χ0) is 22.7. The summed E-state index contributed by atoms with van der Waals surface area (Å²) in [4.78, 5) is 11.3. The molecule has 0 fully saturated rings. The van der Waals surface area contributed by atoms with E-state index < -0.39 is 0 Å². The number of hydrogen-bond donors (Lipinski definition) is 0. The maximum atomic E-state index is 11.3. The molecule has 6 heteroatoms. The van der Waals surface area contributed by atoms with Crippen molar-refractivity contribution >= 4 is 62.7 Å². The summed E-state index contributed by atoms with van der Waals surface area (Å²) in [7, 11) is 1.44. The number of hydrogen-bond acceptors (Lipinski definition) is 4. The quantitative estimate of drug-likeness (QED) is 0.104. The van der Waals surface area contributed by atoms with Crippen LogP contribution in [0.25, 0.3) is 32.3 Å². The number of ether oxygens (including phenoxy) is 1. The molecule has 2 heterocycles. The lowest BCUT2D eigenvalue weighted by atomic mass is 9.97. The largest absolute Gasteiger partial charge is 0.469 e. The summed E-state index contributed by atoms with van der Waals surface area (Å²) in [6, 6.07) is 8.71. The zero-order valence-electron chi connectivity index (χ0n) is 18.9. The van der Waals surface area contributed by atoms with Gasteiger partial charge >= 0.3 is 5.97 Å². The Morgan fingerprint density at radius 2 is 1.34 bits per heavy atom. The van der Waals surface area contributed by atoms with Gasteiger partial charge in [-0.1, -0.05) is 74.9 Å². The van der Waals surface area contributed by atoms with Crippen molar-refractivity contribution < 1.29 is 9.53 Å². The molecular weight excluding hydrogens is 436 g/mol. The minimum atomic E-state index is -0.141. The highest BCUT2D eigenvalue weighted by Gasteiger charge is 2.13. The first-order valence-electron chi connectivity index (χ1n) is 11.5. The number of methoxy groups -OCH3 is 1. The molecule has 0 bridgehead atoms. The van der Waals surface area contributed by atoms with Gasteiger partial charge in [-0.05, 0) is 30.0 Å². The van der Waals surface area contributed by atoms with Crippen LogP contribution in [0.4, 0.5) is 0 Å². The first-order chi connectivity index (χ1) is 15.5. The second kappa shape index (κ2) is 10.1. The van der Waals surface area contributed by atoms with Crippen molar-refractivity contribution in [1.29, 1.82) is 0 Å². The van der Waals surface area contributed by atoms with Crippen molar-refractivity contribution in [1.82, 2.24) is 9.13 Å². The van der Waals surface area contributed by atoms with Crippen molar-refractivity contribution in [3.63, 3.8) is 0 Å². The van der Waals surface area contributed by atoms with Gasteiger partial charge in [0.2, 0.25) is 0 Å². The van der Waals surface area contributed by atoms with Crippen molar-refractivity contribution in [3.8, 4) is 0 Å². The molecule has 32 heavy (non-hydrogen) atoms. The summed E-state index contributed by atoms with van der Waals surface area (Å²) in [6.07, 6.45) is 11.2. The van der Waals surface area contributed by atoms with E-state index in [0.717, 1.165) is 58.8 Å². The molecule has 0 aliphatic rings. The van der Waals surface area contributed by atoms with Crippen LogP contribution in [0.3, 0.4) is 0 Å². The maximum Gasteiger partial charge on any atom is 0.305 e. The van der Waals surface area contributed by atoms with Crippen LogP contribution < -0.4 is 0 Å². The highest BCUT2D eigenvalue weighted by atomic mass is 32.1. The van der Waals surface area contributed by atoms with Crippen LogP contribution in [0.2, 0.25) is 0 Å². The van der Waals surface area contributed by atoms with Gasteiger partial charge in [0, 0.05) is 53.4 Å². The summed E-state index contributed by atoms with van der Waals surface area (Å²) < 4.78 is 10.9. The lowest BCUT2D eigenvalue weighted by Crippen LogP contribution is -2.04. The minimum absolute atomic E-state index is 0.141. The lowest BCUT2D eigenvalue weighted by Gasteiger charge is -2.17. The molecule has 0 saturated carbocycles. The Kier molecular flexibility index (Phi) is 7.21. The Hall–Kier alpha value is -2.31. The first-order valence-corrected chi connectivity index (χ1v) is 12.3. The number of aromatic nitrogens is 2. The van der Waals surface area contributed by atoms with Gasteiger partial charge in [-0.25, -0.2) is 0 Å².